The Kier molecular flexibility index (Phi) is 6.15. The summed E-state index contributed by atoms with van der Waals surface area (Å²) in [5.41, 5.74) is 3.03. The van der Waals surface area contributed by atoms with Gasteiger partial charge in [0, 0.05) is 36.2 Å². The zero-order chi connectivity index (χ0) is 20.4. The van der Waals surface area contributed by atoms with Crippen LogP contribution in [0.5, 0.6) is 0 Å². The molecule has 1 aliphatic heterocycles. The number of rotatable bonds is 4. The number of aryl methyl sites for hydroxylation is 1. The van der Waals surface area contributed by atoms with E-state index in [0.29, 0.717) is 33.7 Å². The van der Waals surface area contributed by atoms with Crippen LogP contribution in [0.15, 0.2) is 48.5 Å². The van der Waals surface area contributed by atoms with Crippen molar-refractivity contribution >= 4 is 40.6 Å². The Bertz CT molecular complexity index is 937. The monoisotopic (exact) mass is 446 g/mol. The number of carbonyl (C=O) groups is 1. The Hall–Kier alpha value is -1.99. The maximum Gasteiger partial charge on any atom is 0.267 e. The molecule has 0 unspecified atom stereocenters. The average molecular weight is 447 g/mol. The van der Waals surface area contributed by atoms with Crippen molar-refractivity contribution in [1.82, 2.24) is 19.4 Å². The summed E-state index contributed by atoms with van der Waals surface area (Å²) in [7, 11) is 0. The van der Waals surface area contributed by atoms with E-state index >= 15 is 0 Å². The van der Waals surface area contributed by atoms with E-state index in [2.05, 4.69) is 38.8 Å². The maximum atomic E-state index is 12.8. The number of amides is 1. The smallest absolute Gasteiger partial charge is 0.267 e. The Balaban J connectivity index is 1.55. The molecule has 4 rings (SSSR count). The molecule has 1 aromatic heterocycles. The van der Waals surface area contributed by atoms with Gasteiger partial charge in [-0.3, -0.25) is 9.69 Å². The molecule has 0 bridgehead atoms. The number of halogens is 2. The molecule has 1 amide bonds. The van der Waals surface area contributed by atoms with Crippen molar-refractivity contribution in [2.24, 2.45) is 0 Å². The fourth-order valence-corrected chi connectivity index (χ4v) is 4.54. The molecule has 0 radical (unpaired) electrons. The van der Waals surface area contributed by atoms with E-state index in [1.54, 1.807) is 0 Å². The van der Waals surface area contributed by atoms with Crippen LogP contribution in [0.25, 0.3) is 0 Å². The summed E-state index contributed by atoms with van der Waals surface area (Å²) < 4.78 is 3.89. The first-order chi connectivity index (χ1) is 14.0. The molecule has 8 heteroatoms. The predicted octanol–water partition coefficient (Wildman–Crippen LogP) is 4.70. The number of hydrogen-bond donors (Lipinski definition) is 0. The fourth-order valence-electron chi connectivity index (χ4n) is 3.66. The Morgan fingerprint density at radius 2 is 1.45 bits per heavy atom. The van der Waals surface area contributed by atoms with Crippen LogP contribution < -0.4 is 0 Å². The van der Waals surface area contributed by atoms with Gasteiger partial charge in [-0.25, -0.2) is 0 Å². The maximum absolute atomic E-state index is 12.8. The van der Waals surface area contributed by atoms with E-state index in [-0.39, 0.29) is 11.9 Å². The first-order valence-corrected chi connectivity index (χ1v) is 10.9. The molecule has 2 heterocycles. The molecule has 0 saturated carbocycles. The number of nitrogens with zero attached hydrogens (tertiary/aromatic N) is 4. The second-order valence-electron chi connectivity index (χ2n) is 7.02. The summed E-state index contributed by atoms with van der Waals surface area (Å²) >= 11 is 13.4. The Morgan fingerprint density at radius 1 is 0.931 bits per heavy atom. The number of piperazine rings is 1. The molecule has 1 fully saturated rings. The van der Waals surface area contributed by atoms with Gasteiger partial charge in [0.1, 0.15) is 4.88 Å². The van der Waals surface area contributed by atoms with Crippen molar-refractivity contribution in [3.8, 4) is 0 Å². The zero-order valence-electron chi connectivity index (χ0n) is 15.9. The quantitative estimate of drug-likeness (QED) is 0.582. The van der Waals surface area contributed by atoms with Gasteiger partial charge < -0.3 is 4.90 Å². The van der Waals surface area contributed by atoms with E-state index in [0.717, 1.165) is 24.6 Å². The summed E-state index contributed by atoms with van der Waals surface area (Å²) in [6.07, 6.45) is 0. The van der Waals surface area contributed by atoms with Gasteiger partial charge in [-0.15, -0.1) is 5.10 Å². The van der Waals surface area contributed by atoms with E-state index in [4.69, 9.17) is 23.2 Å². The third-order valence-electron chi connectivity index (χ3n) is 5.18. The zero-order valence-corrected chi connectivity index (χ0v) is 18.2. The largest absolute Gasteiger partial charge is 0.335 e. The van der Waals surface area contributed by atoms with Gasteiger partial charge in [-0.2, -0.15) is 0 Å². The van der Waals surface area contributed by atoms with E-state index in [1.807, 2.05) is 36.1 Å². The minimum absolute atomic E-state index is 0.0201. The lowest BCUT2D eigenvalue weighted by molar-refractivity contribution is 0.0601. The highest BCUT2D eigenvalue weighted by molar-refractivity contribution is 7.07. The summed E-state index contributed by atoms with van der Waals surface area (Å²) in [5, 5.41) is 5.39. The first kappa shape index (κ1) is 20.3. The molecule has 1 saturated heterocycles. The standard InChI is InChI=1S/C21H20Cl2N4OS/c1-14-20(29-25-24-14)21(28)27-12-10-26(11-13-27)19(15-2-6-17(22)7-3-15)16-4-8-18(23)9-5-16/h2-9,19H,10-13H2,1H3. The van der Waals surface area contributed by atoms with Crippen molar-refractivity contribution < 1.29 is 4.79 Å². The molecule has 150 valence electrons. The SMILES string of the molecule is Cc1nnsc1C(=O)N1CCN(C(c2ccc(Cl)cc2)c2ccc(Cl)cc2)CC1. The number of carbonyl (C=O) groups excluding carboxylic acids is 1. The van der Waals surface area contributed by atoms with Gasteiger partial charge in [0.15, 0.2) is 0 Å². The molecule has 0 aliphatic carbocycles. The highest BCUT2D eigenvalue weighted by Crippen LogP contribution is 2.31. The molecule has 0 N–H and O–H groups in total. The Labute approximate surface area is 184 Å². The van der Waals surface area contributed by atoms with Crippen LogP contribution >= 0.6 is 34.7 Å². The van der Waals surface area contributed by atoms with Crippen LogP contribution in [-0.4, -0.2) is 51.5 Å². The van der Waals surface area contributed by atoms with Gasteiger partial charge in [-0.05, 0) is 53.8 Å². The third kappa shape index (κ3) is 4.46. The van der Waals surface area contributed by atoms with Gasteiger partial charge in [-0.1, -0.05) is 52.0 Å². The fraction of sp³-hybridized carbons (Fsp3) is 0.286. The number of benzene rings is 2. The lowest BCUT2D eigenvalue weighted by Gasteiger charge is -2.39. The minimum Gasteiger partial charge on any atom is -0.335 e. The molecule has 1 aliphatic rings. The van der Waals surface area contributed by atoms with Crippen molar-refractivity contribution in [2.45, 2.75) is 13.0 Å². The van der Waals surface area contributed by atoms with Crippen LogP contribution in [0.4, 0.5) is 0 Å². The summed E-state index contributed by atoms with van der Waals surface area (Å²) in [4.78, 5) is 17.7. The minimum atomic E-state index is 0.0201. The van der Waals surface area contributed by atoms with Gasteiger partial charge in [0.05, 0.1) is 11.7 Å². The van der Waals surface area contributed by atoms with Gasteiger partial charge in [0.25, 0.3) is 5.91 Å². The molecule has 0 atom stereocenters. The molecule has 0 spiro atoms. The van der Waals surface area contributed by atoms with Crippen molar-refractivity contribution in [3.63, 3.8) is 0 Å². The predicted molar refractivity (Wildman–Crippen MR) is 117 cm³/mol. The van der Waals surface area contributed by atoms with E-state index in [9.17, 15) is 4.79 Å². The second-order valence-corrected chi connectivity index (χ2v) is 8.65. The molecule has 29 heavy (non-hydrogen) atoms. The van der Waals surface area contributed by atoms with Crippen LogP contribution in [0.2, 0.25) is 10.0 Å². The van der Waals surface area contributed by atoms with Crippen molar-refractivity contribution in [2.75, 3.05) is 26.2 Å². The van der Waals surface area contributed by atoms with Crippen LogP contribution in [-0.2, 0) is 0 Å². The summed E-state index contributed by atoms with van der Waals surface area (Å²) in [6.45, 7) is 4.69. The topological polar surface area (TPSA) is 49.3 Å². The normalized spacial score (nSPS) is 15.1. The van der Waals surface area contributed by atoms with Crippen LogP contribution in [0.1, 0.15) is 32.5 Å². The summed E-state index contributed by atoms with van der Waals surface area (Å²) in [5.74, 6) is 0.0201. The third-order valence-corrected chi connectivity index (χ3v) is 6.50. The first-order valence-electron chi connectivity index (χ1n) is 9.36. The van der Waals surface area contributed by atoms with Gasteiger partial charge >= 0.3 is 0 Å². The molecule has 2 aromatic carbocycles. The van der Waals surface area contributed by atoms with Crippen molar-refractivity contribution in [3.05, 3.63) is 80.3 Å². The number of aromatic nitrogens is 2. The lowest BCUT2D eigenvalue weighted by atomic mass is 9.96. The second kappa shape index (κ2) is 8.79. The highest BCUT2D eigenvalue weighted by atomic mass is 35.5. The number of hydrogen-bond acceptors (Lipinski definition) is 5. The molecule has 5 nitrogen and oxygen atoms in total. The highest BCUT2D eigenvalue weighted by Gasteiger charge is 2.29. The van der Waals surface area contributed by atoms with Crippen molar-refractivity contribution in [1.29, 1.82) is 0 Å². The van der Waals surface area contributed by atoms with Gasteiger partial charge in [0.2, 0.25) is 0 Å². The average Bonchev–Trinajstić information content (AvgIpc) is 3.17. The van der Waals surface area contributed by atoms with E-state index in [1.165, 1.54) is 11.1 Å². The van der Waals surface area contributed by atoms with E-state index < -0.39 is 0 Å². The molecular weight excluding hydrogens is 427 g/mol. The van der Waals surface area contributed by atoms with Crippen LogP contribution in [0.3, 0.4) is 0 Å². The summed E-state index contributed by atoms with van der Waals surface area (Å²) in [6, 6.07) is 16.0. The lowest BCUT2D eigenvalue weighted by Crippen LogP contribution is -2.49. The Morgan fingerprint density at radius 3 is 1.90 bits per heavy atom. The molecular formula is C21H20Cl2N4OS. The molecule has 3 aromatic rings. The van der Waals surface area contributed by atoms with Crippen LogP contribution in [0, 0.1) is 6.92 Å².